The van der Waals surface area contributed by atoms with Gasteiger partial charge < -0.3 is 9.90 Å². The maximum absolute atomic E-state index is 10.5. The van der Waals surface area contributed by atoms with Crippen LogP contribution >= 0.6 is 0 Å². The minimum absolute atomic E-state index is 1.23. The average Bonchev–Trinajstić information content (AvgIpc) is 3.36. The lowest BCUT2D eigenvalue weighted by Gasteiger charge is -2.13. The molecule has 38 heavy (non-hydrogen) atoms. The molecule has 0 amide bonds. The molecule has 0 aliphatic carbocycles. The van der Waals surface area contributed by atoms with E-state index < -0.39 is 12.1 Å². The Labute approximate surface area is 229 Å². The Kier molecular flexibility index (Phi) is 17.3. The predicted octanol–water partition coefficient (Wildman–Crippen LogP) is 8.28. The van der Waals surface area contributed by atoms with Crippen molar-refractivity contribution < 1.29 is 27.6 Å². The Morgan fingerprint density at radius 2 is 1.37 bits per heavy atom. The van der Waals surface area contributed by atoms with E-state index in [9.17, 15) is 13.2 Å². The smallest absolute Gasteiger partial charge is 0.430 e. The van der Waals surface area contributed by atoms with Crippen LogP contribution in [0.5, 0.6) is 0 Å². The van der Waals surface area contributed by atoms with Crippen LogP contribution in [0, 0.1) is 13.8 Å². The van der Waals surface area contributed by atoms with Gasteiger partial charge >= 0.3 is 6.18 Å². The number of unbranched alkanes of at least 4 members (excludes halogenated alkanes) is 13. The second-order valence-electron chi connectivity index (χ2n) is 10.8. The average molecular weight is 540 g/mol. The van der Waals surface area contributed by atoms with Crippen molar-refractivity contribution in [1.82, 2.24) is 0 Å². The van der Waals surface area contributed by atoms with E-state index in [0.29, 0.717) is 0 Å². The highest BCUT2D eigenvalue weighted by Gasteiger charge is 2.29. The standard InChI is InChI=1S/C30H52N.C2HF3O2/c1-5-7-9-11-13-15-17-19-22-28-26(3)29(30-24-21-25-31(30)27(28)4)23-20-18-16-14-12-10-8-6-2;3-2(4,5)1(6)7/h19,22H,5-18,20-21,23-25H2,1-4H3;(H,6,7)/q+1;/p-1/b22-19+;. The second kappa shape index (κ2) is 19.2. The van der Waals surface area contributed by atoms with Crippen molar-refractivity contribution in [3.05, 3.63) is 34.2 Å². The summed E-state index contributed by atoms with van der Waals surface area (Å²) < 4.78 is 34.2. The molecule has 1 aliphatic rings. The summed E-state index contributed by atoms with van der Waals surface area (Å²) >= 11 is 0. The third-order valence-corrected chi connectivity index (χ3v) is 7.64. The lowest BCUT2D eigenvalue weighted by Crippen LogP contribution is -2.39. The number of carboxylic acids is 1. The lowest BCUT2D eigenvalue weighted by atomic mass is 9.93. The summed E-state index contributed by atoms with van der Waals surface area (Å²) in [6, 6.07) is 0. The largest absolute Gasteiger partial charge is 0.542 e. The normalized spacial score (nSPS) is 13.0. The van der Waals surface area contributed by atoms with Crippen molar-refractivity contribution in [2.75, 3.05) is 0 Å². The van der Waals surface area contributed by atoms with Gasteiger partial charge in [-0.15, -0.1) is 0 Å². The minimum atomic E-state index is -5.19. The first kappa shape index (κ1) is 34.2. The van der Waals surface area contributed by atoms with E-state index in [1.54, 1.807) is 16.8 Å². The fourth-order valence-corrected chi connectivity index (χ4v) is 5.41. The van der Waals surface area contributed by atoms with Crippen LogP contribution in [-0.4, -0.2) is 12.1 Å². The molecule has 0 fully saturated rings. The first-order valence-electron chi connectivity index (χ1n) is 15.1. The van der Waals surface area contributed by atoms with Crippen molar-refractivity contribution >= 4 is 12.0 Å². The van der Waals surface area contributed by atoms with Gasteiger partial charge in [0.1, 0.15) is 12.5 Å². The summed E-state index contributed by atoms with van der Waals surface area (Å²) in [7, 11) is 0. The quantitative estimate of drug-likeness (QED) is 0.148. The second-order valence-corrected chi connectivity index (χ2v) is 10.8. The number of hydrogen-bond donors (Lipinski definition) is 0. The fraction of sp³-hybridized carbons (Fsp3) is 0.750. The van der Waals surface area contributed by atoms with Gasteiger partial charge in [0.15, 0.2) is 11.4 Å². The zero-order valence-electron chi connectivity index (χ0n) is 24.5. The number of hydrogen-bond acceptors (Lipinski definition) is 2. The molecule has 0 atom stereocenters. The van der Waals surface area contributed by atoms with Crippen LogP contribution in [0.2, 0.25) is 0 Å². The van der Waals surface area contributed by atoms with Gasteiger partial charge in [-0.2, -0.15) is 17.7 Å². The van der Waals surface area contributed by atoms with Gasteiger partial charge in [0, 0.05) is 30.9 Å². The lowest BCUT2D eigenvalue weighted by molar-refractivity contribution is -0.697. The summed E-state index contributed by atoms with van der Waals surface area (Å²) in [5.41, 5.74) is 7.95. The Balaban J connectivity index is 0.000000905. The first-order chi connectivity index (χ1) is 18.1. The molecule has 218 valence electrons. The molecule has 0 radical (unpaired) electrons. The number of pyridine rings is 1. The number of carboxylic acid groups (broad SMARTS) is 1. The van der Waals surface area contributed by atoms with Crippen molar-refractivity contribution in [2.24, 2.45) is 0 Å². The zero-order valence-corrected chi connectivity index (χ0v) is 24.5. The fourth-order valence-electron chi connectivity index (χ4n) is 5.41. The molecule has 0 saturated carbocycles. The molecule has 3 nitrogen and oxygen atoms in total. The molecule has 1 aromatic rings. The van der Waals surface area contributed by atoms with Gasteiger partial charge in [-0.25, -0.2) is 0 Å². The summed E-state index contributed by atoms with van der Waals surface area (Å²) in [4.78, 5) is 8.78. The molecule has 0 bridgehead atoms. The van der Waals surface area contributed by atoms with Gasteiger partial charge in [-0.1, -0.05) is 103 Å². The van der Waals surface area contributed by atoms with Crippen LogP contribution in [0.3, 0.4) is 0 Å². The third-order valence-electron chi connectivity index (χ3n) is 7.64. The Morgan fingerprint density at radius 3 is 1.89 bits per heavy atom. The topological polar surface area (TPSA) is 44.0 Å². The van der Waals surface area contributed by atoms with Gasteiger partial charge in [0.05, 0.1) is 0 Å². The molecule has 0 aromatic carbocycles. The number of alkyl halides is 3. The molecule has 0 N–H and O–H groups in total. The van der Waals surface area contributed by atoms with Crippen LogP contribution in [0.1, 0.15) is 145 Å². The number of allylic oxidation sites excluding steroid dienone is 1. The SMILES string of the molecule is CCCCCCCC/C=C/c1c(C)c(CCCCCCCCCC)c2[n+](c1C)CCC2.O=C([O-])C(F)(F)F. The molecular formula is C32H52F3NO2. The highest BCUT2D eigenvalue weighted by molar-refractivity contribution is 5.70. The zero-order chi connectivity index (χ0) is 28.4. The van der Waals surface area contributed by atoms with E-state index in [1.807, 2.05) is 0 Å². The molecule has 1 aromatic heterocycles. The molecular weight excluding hydrogens is 487 g/mol. The van der Waals surface area contributed by atoms with Gasteiger partial charge in [0.2, 0.25) is 0 Å². The van der Waals surface area contributed by atoms with E-state index in [-0.39, 0.29) is 0 Å². The van der Waals surface area contributed by atoms with Crippen LogP contribution in [0.25, 0.3) is 6.08 Å². The molecule has 0 spiro atoms. The van der Waals surface area contributed by atoms with E-state index in [1.165, 1.54) is 133 Å². The Hall–Kier alpha value is -1.85. The number of halogens is 3. The Bertz CT molecular complexity index is 846. The van der Waals surface area contributed by atoms with E-state index in [2.05, 4.69) is 44.4 Å². The number of carbonyl (C=O) groups is 1. The maximum Gasteiger partial charge on any atom is 0.430 e. The van der Waals surface area contributed by atoms with Crippen LogP contribution in [0.15, 0.2) is 6.08 Å². The summed E-state index contributed by atoms with van der Waals surface area (Å²) in [5, 5.41) is 8.78. The number of fused-ring (bicyclic) bond motifs is 1. The van der Waals surface area contributed by atoms with Crippen LogP contribution in [-0.2, 0) is 24.2 Å². The number of aromatic nitrogens is 1. The van der Waals surface area contributed by atoms with Crippen molar-refractivity contribution in [3.63, 3.8) is 0 Å². The van der Waals surface area contributed by atoms with Crippen molar-refractivity contribution in [2.45, 2.75) is 156 Å². The summed E-state index contributed by atoms with van der Waals surface area (Å²) in [5.74, 6) is -3.01. The van der Waals surface area contributed by atoms with Crippen LogP contribution < -0.4 is 9.67 Å². The number of carbonyl (C=O) groups excluding carboxylic acids is 1. The van der Waals surface area contributed by atoms with Gasteiger partial charge in [0.25, 0.3) is 0 Å². The van der Waals surface area contributed by atoms with E-state index in [4.69, 9.17) is 9.90 Å². The van der Waals surface area contributed by atoms with Gasteiger partial charge in [-0.05, 0) is 38.2 Å². The molecule has 0 unspecified atom stereocenters. The number of rotatable bonds is 17. The predicted molar refractivity (Wildman–Crippen MR) is 149 cm³/mol. The summed E-state index contributed by atoms with van der Waals surface area (Å²) in [6.45, 7) is 10.6. The molecule has 0 saturated heterocycles. The maximum atomic E-state index is 10.5. The van der Waals surface area contributed by atoms with Crippen molar-refractivity contribution in [1.29, 1.82) is 0 Å². The summed E-state index contributed by atoms with van der Waals surface area (Å²) in [6.07, 6.45) is 24.5. The monoisotopic (exact) mass is 539 g/mol. The minimum Gasteiger partial charge on any atom is -0.542 e. The molecule has 1 aliphatic heterocycles. The molecule has 6 heteroatoms. The molecule has 2 heterocycles. The molecule has 2 rings (SSSR count). The van der Waals surface area contributed by atoms with Crippen LogP contribution in [0.4, 0.5) is 13.2 Å². The highest BCUT2D eigenvalue weighted by atomic mass is 19.4. The van der Waals surface area contributed by atoms with Gasteiger partial charge in [-0.3, -0.25) is 0 Å². The van der Waals surface area contributed by atoms with E-state index in [0.717, 1.165) is 0 Å². The number of nitrogens with zero attached hydrogens (tertiary/aromatic N) is 1. The first-order valence-corrected chi connectivity index (χ1v) is 15.1. The highest BCUT2D eigenvalue weighted by Crippen LogP contribution is 2.26. The Morgan fingerprint density at radius 1 is 0.868 bits per heavy atom. The van der Waals surface area contributed by atoms with E-state index >= 15 is 0 Å². The van der Waals surface area contributed by atoms with Crippen molar-refractivity contribution in [3.8, 4) is 0 Å². The third kappa shape index (κ3) is 12.8. The number of aliphatic carboxylic acids is 1.